The smallest absolute Gasteiger partial charge is 0.191 e. The highest BCUT2D eigenvalue weighted by atomic mass is 127. The summed E-state index contributed by atoms with van der Waals surface area (Å²) in [6.45, 7) is 4.59. The lowest BCUT2D eigenvalue weighted by Gasteiger charge is -2.26. The third-order valence-corrected chi connectivity index (χ3v) is 4.10. The summed E-state index contributed by atoms with van der Waals surface area (Å²) in [5.41, 5.74) is 0. The average molecular weight is 418 g/mol. The number of nitrogens with zero attached hydrogens (tertiary/aromatic N) is 2. The van der Waals surface area contributed by atoms with Crippen molar-refractivity contribution in [2.24, 2.45) is 4.99 Å². The molecule has 0 amide bonds. The van der Waals surface area contributed by atoms with Gasteiger partial charge >= 0.3 is 0 Å². The molecule has 0 spiro atoms. The minimum atomic E-state index is -2.92. The van der Waals surface area contributed by atoms with E-state index >= 15 is 0 Å². The van der Waals surface area contributed by atoms with E-state index in [4.69, 9.17) is 0 Å². The van der Waals surface area contributed by atoms with Crippen LogP contribution < -0.4 is 10.6 Å². The third-order valence-electron chi connectivity index (χ3n) is 3.16. The highest BCUT2D eigenvalue weighted by Crippen LogP contribution is 2.07. The second-order valence-electron chi connectivity index (χ2n) is 4.96. The molecule has 0 aromatic carbocycles. The number of sulfone groups is 1. The van der Waals surface area contributed by atoms with Crippen LogP contribution in [0, 0.1) is 0 Å². The lowest BCUT2D eigenvalue weighted by atomic mass is 10.1. The quantitative estimate of drug-likeness (QED) is 0.369. The zero-order valence-corrected chi connectivity index (χ0v) is 15.5. The molecule has 1 heterocycles. The molecule has 120 valence electrons. The summed E-state index contributed by atoms with van der Waals surface area (Å²) in [5.74, 6) is 0.792. The maximum Gasteiger partial charge on any atom is 0.191 e. The predicted molar refractivity (Wildman–Crippen MR) is 94.8 cm³/mol. The number of rotatable bonds is 6. The first-order valence-corrected chi connectivity index (χ1v) is 8.92. The van der Waals surface area contributed by atoms with E-state index in [9.17, 15) is 8.42 Å². The lowest BCUT2D eigenvalue weighted by Crippen LogP contribution is -2.43. The zero-order valence-electron chi connectivity index (χ0n) is 12.4. The summed E-state index contributed by atoms with van der Waals surface area (Å²) >= 11 is 0. The second kappa shape index (κ2) is 10.6. The minimum absolute atomic E-state index is 0. The van der Waals surface area contributed by atoms with Gasteiger partial charge in [0.15, 0.2) is 5.96 Å². The molecule has 0 unspecified atom stereocenters. The van der Waals surface area contributed by atoms with Gasteiger partial charge in [0.1, 0.15) is 9.84 Å². The third kappa shape index (κ3) is 9.76. The van der Waals surface area contributed by atoms with Crippen molar-refractivity contribution in [3.05, 3.63) is 0 Å². The molecule has 1 rings (SSSR count). The monoisotopic (exact) mass is 418 g/mol. The van der Waals surface area contributed by atoms with Crippen LogP contribution in [0.1, 0.15) is 19.3 Å². The molecule has 1 aliphatic rings. The van der Waals surface area contributed by atoms with Gasteiger partial charge in [-0.2, -0.15) is 0 Å². The minimum Gasteiger partial charge on any atom is -0.355 e. The van der Waals surface area contributed by atoms with E-state index in [1.165, 1.54) is 38.6 Å². The fourth-order valence-electron chi connectivity index (χ4n) is 2.09. The summed E-state index contributed by atoms with van der Waals surface area (Å²) in [6, 6.07) is 0. The average Bonchev–Trinajstić information content (AvgIpc) is 2.37. The first kappa shape index (κ1) is 19.9. The zero-order chi connectivity index (χ0) is 14.1. The van der Waals surface area contributed by atoms with E-state index in [2.05, 4.69) is 20.5 Å². The number of halogens is 1. The van der Waals surface area contributed by atoms with Crippen LogP contribution in [-0.4, -0.2) is 71.1 Å². The highest BCUT2D eigenvalue weighted by Gasteiger charge is 2.09. The maximum atomic E-state index is 11.0. The van der Waals surface area contributed by atoms with Crippen molar-refractivity contribution in [2.45, 2.75) is 19.3 Å². The molecule has 8 heteroatoms. The van der Waals surface area contributed by atoms with Crippen molar-refractivity contribution in [1.29, 1.82) is 0 Å². The SMILES string of the molecule is CN=C(NCCN1CCCCC1)NCCS(C)(=O)=O.I. The standard InChI is InChI=1S/C12H26N4O2S.HI/c1-13-12(15-7-11-19(2,17)18)14-6-10-16-8-4-3-5-9-16;/h3-11H2,1-2H3,(H2,13,14,15);1H. The fraction of sp³-hybridized carbons (Fsp3) is 0.917. The molecule has 6 nitrogen and oxygen atoms in total. The van der Waals surface area contributed by atoms with Gasteiger partial charge in [0, 0.05) is 32.9 Å². The summed E-state index contributed by atoms with van der Waals surface area (Å²) in [5, 5.41) is 6.21. The normalized spacial score (nSPS) is 17.4. The fourth-order valence-corrected chi connectivity index (χ4v) is 2.56. The van der Waals surface area contributed by atoms with E-state index in [0.29, 0.717) is 12.5 Å². The first-order chi connectivity index (χ1) is 9.01. The van der Waals surface area contributed by atoms with Crippen molar-refractivity contribution < 1.29 is 8.42 Å². The van der Waals surface area contributed by atoms with Gasteiger partial charge in [0.2, 0.25) is 0 Å². The molecular weight excluding hydrogens is 391 g/mol. The molecule has 0 aromatic rings. The van der Waals surface area contributed by atoms with Gasteiger partial charge in [0.25, 0.3) is 0 Å². The van der Waals surface area contributed by atoms with Crippen LogP contribution in [-0.2, 0) is 9.84 Å². The van der Waals surface area contributed by atoms with Crippen LogP contribution in [0.5, 0.6) is 0 Å². The van der Waals surface area contributed by atoms with Crippen molar-refractivity contribution in [3.63, 3.8) is 0 Å². The largest absolute Gasteiger partial charge is 0.355 e. The Kier molecular flexibility index (Phi) is 10.6. The van der Waals surface area contributed by atoms with Crippen LogP contribution in [0.4, 0.5) is 0 Å². The Labute approximate surface area is 139 Å². The molecular formula is C12H27IN4O2S. The molecule has 0 aliphatic carbocycles. The Morgan fingerprint density at radius 1 is 1.15 bits per heavy atom. The number of nitrogens with one attached hydrogen (secondary N) is 2. The van der Waals surface area contributed by atoms with Gasteiger partial charge in [-0.3, -0.25) is 4.99 Å². The Hall–Kier alpha value is -0.0900. The Morgan fingerprint density at radius 3 is 2.30 bits per heavy atom. The van der Waals surface area contributed by atoms with Crippen LogP contribution >= 0.6 is 24.0 Å². The van der Waals surface area contributed by atoms with E-state index in [0.717, 1.165) is 13.1 Å². The van der Waals surface area contributed by atoms with Crippen molar-refractivity contribution >= 4 is 39.8 Å². The Bertz CT molecular complexity index is 381. The summed E-state index contributed by atoms with van der Waals surface area (Å²) in [6.07, 6.45) is 5.17. The molecule has 20 heavy (non-hydrogen) atoms. The molecule has 0 atom stereocenters. The number of aliphatic imine (C=N–C) groups is 1. The van der Waals surface area contributed by atoms with Gasteiger partial charge in [0.05, 0.1) is 5.75 Å². The van der Waals surface area contributed by atoms with Gasteiger partial charge in [-0.25, -0.2) is 8.42 Å². The second-order valence-corrected chi connectivity index (χ2v) is 7.22. The summed E-state index contributed by atoms with van der Waals surface area (Å²) < 4.78 is 22.0. The highest BCUT2D eigenvalue weighted by molar-refractivity contribution is 14.0. The van der Waals surface area contributed by atoms with E-state index < -0.39 is 9.84 Å². The van der Waals surface area contributed by atoms with E-state index in [1.807, 2.05) is 0 Å². The number of piperidine rings is 1. The van der Waals surface area contributed by atoms with Crippen LogP contribution in [0.3, 0.4) is 0 Å². The topological polar surface area (TPSA) is 73.8 Å². The first-order valence-electron chi connectivity index (χ1n) is 6.86. The van der Waals surface area contributed by atoms with Gasteiger partial charge in [-0.15, -0.1) is 24.0 Å². The lowest BCUT2D eigenvalue weighted by molar-refractivity contribution is 0.232. The van der Waals surface area contributed by atoms with Crippen LogP contribution in [0.2, 0.25) is 0 Å². The maximum absolute atomic E-state index is 11.0. The molecule has 1 fully saturated rings. The number of guanidine groups is 1. The Morgan fingerprint density at radius 2 is 1.75 bits per heavy atom. The molecule has 2 N–H and O–H groups in total. The van der Waals surface area contributed by atoms with Gasteiger partial charge in [-0.1, -0.05) is 6.42 Å². The van der Waals surface area contributed by atoms with Crippen LogP contribution in [0.25, 0.3) is 0 Å². The molecule has 1 saturated heterocycles. The molecule has 1 aliphatic heterocycles. The summed E-state index contributed by atoms with van der Waals surface area (Å²) in [4.78, 5) is 6.52. The predicted octanol–water partition coefficient (Wildman–Crippen LogP) is 0.300. The van der Waals surface area contributed by atoms with Crippen molar-refractivity contribution in [2.75, 3.05) is 51.8 Å². The molecule has 0 aromatic heterocycles. The Balaban J connectivity index is 0.00000361. The van der Waals surface area contributed by atoms with Crippen molar-refractivity contribution in [1.82, 2.24) is 15.5 Å². The number of likely N-dealkylation sites (tertiary alicyclic amines) is 1. The van der Waals surface area contributed by atoms with Crippen LogP contribution in [0.15, 0.2) is 4.99 Å². The van der Waals surface area contributed by atoms with E-state index in [1.54, 1.807) is 7.05 Å². The van der Waals surface area contributed by atoms with Crippen molar-refractivity contribution in [3.8, 4) is 0 Å². The van der Waals surface area contributed by atoms with Gasteiger partial charge in [-0.05, 0) is 25.9 Å². The number of hydrogen-bond acceptors (Lipinski definition) is 4. The molecule has 0 bridgehead atoms. The van der Waals surface area contributed by atoms with Gasteiger partial charge < -0.3 is 15.5 Å². The summed E-state index contributed by atoms with van der Waals surface area (Å²) in [7, 11) is -1.23. The van der Waals surface area contributed by atoms with E-state index in [-0.39, 0.29) is 29.7 Å². The molecule has 0 saturated carbocycles. The number of hydrogen-bond donors (Lipinski definition) is 2. The molecule has 0 radical (unpaired) electrons.